The van der Waals surface area contributed by atoms with Crippen molar-refractivity contribution in [2.45, 2.75) is 39.3 Å². The molecular weight excluding hydrogens is 385 g/mol. The average Bonchev–Trinajstić information content (AvgIpc) is 3.46. The highest BCUT2D eigenvalue weighted by molar-refractivity contribution is 6.31. The van der Waals surface area contributed by atoms with E-state index in [1.807, 2.05) is 11.8 Å². The molecule has 2 aromatic rings. The molecule has 1 fully saturated rings. The molecule has 0 spiro atoms. The number of nitro benzene ring substituents is 1. The number of aryl methyl sites for hydroxylation is 1. The number of benzene rings is 2. The van der Waals surface area contributed by atoms with Gasteiger partial charge in [-0.2, -0.15) is 0 Å². The van der Waals surface area contributed by atoms with Crippen molar-refractivity contribution in [3.05, 3.63) is 68.0 Å². The van der Waals surface area contributed by atoms with Crippen LogP contribution < -0.4 is 5.32 Å². The van der Waals surface area contributed by atoms with Gasteiger partial charge in [-0.15, -0.1) is 0 Å². The molecule has 2 aromatic carbocycles. The van der Waals surface area contributed by atoms with Gasteiger partial charge in [0.05, 0.1) is 11.5 Å². The van der Waals surface area contributed by atoms with E-state index in [-0.39, 0.29) is 36.4 Å². The number of amides is 1. The summed E-state index contributed by atoms with van der Waals surface area (Å²) in [7, 11) is 0. The quantitative estimate of drug-likeness (QED) is 0.539. The Kier molecular flexibility index (Phi) is 5.96. The van der Waals surface area contributed by atoms with E-state index in [1.54, 1.807) is 19.1 Å². The van der Waals surface area contributed by atoms with Gasteiger partial charge in [-0.1, -0.05) is 23.7 Å². The van der Waals surface area contributed by atoms with E-state index in [0.29, 0.717) is 16.1 Å². The number of carbonyl (C=O) groups is 1. The van der Waals surface area contributed by atoms with Gasteiger partial charge in [-0.05, 0) is 49.9 Å². The normalized spacial score (nSPS) is 13.6. The molecule has 28 heavy (non-hydrogen) atoms. The first-order chi connectivity index (χ1) is 13.3. The number of carbonyl (C=O) groups excluding carboxylic acids is 1. The fourth-order valence-electron chi connectivity index (χ4n) is 3.12. The molecule has 1 N–H and O–H groups in total. The van der Waals surface area contributed by atoms with Gasteiger partial charge in [0.2, 0.25) is 5.91 Å². The third-order valence-electron chi connectivity index (χ3n) is 5.01. The maximum atomic E-state index is 14.1. The number of hydrogen-bond donors (Lipinski definition) is 1. The van der Waals surface area contributed by atoms with E-state index in [2.05, 4.69) is 5.32 Å². The van der Waals surface area contributed by atoms with Gasteiger partial charge in [0, 0.05) is 29.2 Å². The molecule has 1 amide bonds. The Balaban J connectivity index is 1.78. The van der Waals surface area contributed by atoms with Gasteiger partial charge in [-0.25, -0.2) is 4.39 Å². The Morgan fingerprint density at radius 1 is 1.32 bits per heavy atom. The van der Waals surface area contributed by atoms with Crippen LogP contribution in [0, 0.1) is 29.8 Å². The second kappa shape index (κ2) is 8.24. The average molecular weight is 406 g/mol. The Bertz CT molecular complexity index is 911. The molecule has 0 unspecified atom stereocenters. The molecule has 148 valence electrons. The lowest BCUT2D eigenvalue weighted by Crippen LogP contribution is -2.35. The molecule has 0 aliphatic heterocycles. The molecule has 0 heterocycles. The van der Waals surface area contributed by atoms with Gasteiger partial charge in [-0.3, -0.25) is 19.8 Å². The monoisotopic (exact) mass is 405 g/mol. The molecule has 8 heteroatoms. The Labute approximate surface area is 167 Å². The second-order valence-electron chi connectivity index (χ2n) is 7.04. The van der Waals surface area contributed by atoms with Crippen molar-refractivity contribution in [2.75, 3.05) is 11.9 Å². The summed E-state index contributed by atoms with van der Waals surface area (Å²) >= 11 is 6.12. The number of hydrogen-bond acceptors (Lipinski definition) is 4. The van der Waals surface area contributed by atoms with Crippen LogP contribution in [0.4, 0.5) is 15.8 Å². The zero-order valence-corrected chi connectivity index (χ0v) is 16.4. The molecule has 6 nitrogen and oxygen atoms in total. The maximum absolute atomic E-state index is 14.1. The lowest BCUT2D eigenvalue weighted by Gasteiger charge is -2.22. The Morgan fingerprint density at radius 3 is 2.64 bits per heavy atom. The second-order valence-corrected chi connectivity index (χ2v) is 7.45. The van der Waals surface area contributed by atoms with Crippen LogP contribution in [-0.2, 0) is 11.3 Å². The summed E-state index contributed by atoms with van der Waals surface area (Å²) < 4.78 is 14.1. The van der Waals surface area contributed by atoms with Crippen LogP contribution in [0.5, 0.6) is 0 Å². The smallest absolute Gasteiger partial charge is 0.293 e. The summed E-state index contributed by atoms with van der Waals surface area (Å²) in [5.41, 5.74) is 1.90. The van der Waals surface area contributed by atoms with Crippen molar-refractivity contribution in [3.63, 3.8) is 0 Å². The summed E-state index contributed by atoms with van der Waals surface area (Å²) in [6.45, 7) is 3.76. The molecule has 1 aliphatic rings. The van der Waals surface area contributed by atoms with E-state index >= 15 is 0 Å². The third-order valence-corrected chi connectivity index (χ3v) is 5.36. The van der Waals surface area contributed by atoms with Crippen molar-refractivity contribution in [3.8, 4) is 0 Å². The lowest BCUT2D eigenvalue weighted by atomic mass is 10.1. The predicted molar refractivity (Wildman–Crippen MR) is 106 cm³/mol. The van der Waals surface area contributed by atoms with Crippen molar-refractivity contribution < 1.29 is 14.1 Å². The van der Waals surface area contributed by atoms with Gasteiger partial charge in [0.15, 0.2) is 0 Å². The molecule has 0 bridgehead atoms. The first kappa shape index (κ1) is 20.2. The summed E-state index contributed by atoms with van der Waals surface area (Å²) in [5, 5.41) is 14.3. The molecule has 0 saturated heterocycles. The SMILES string of the molecule is Cc1ccc([N+](=O)[O-])c(NC(=O)CN(Cc2c(F)cccc2Cl)C2CC2)c1C. The molecule has 0 aromatic heterocycles. The van der Waals surface area contributed by atoms with Crippen molar-refractivity contribution >= 4 is 28.9 Å². The number of nitrogens with zero attached hydrogens (tertiary/aromatic N) is 2. The van der Waals surface area contributed by atoms with Crippen LogP contribution in [0.1, 0.15) is 29.5 Å². The van der Waals surface area contributed by atoms with Crippen molar-refractivity contribution in [1.82, 2.24) is 4.90 Å². The largest absolute Gasteiger partial charge is 0.319 e. The topological polar surface area (TPSA) is 75.5 Å². The number of rotatable bonds is 7. The number of nitrogens with one attached hydrogen (secondary N) is 1. The lowest BCUT2D eigenvalue weighted by molar-refractivity contribution is -0.384. The van der Waals surface area contributed by atoms with Crippen LogP contribution >= 0.6 is 11.6 Å². The van der Waals surface area contributed by atoms with E-state index in [4.69, 9.17) is 11.6 Å². The number of nitro groups is 1. The van der Waals surface area contributed by atoms with Gasteiger partial charge < -0.3 is 5.32 Å². The summed E-state index contributed by atoms with van der Waals surface area (Å²) in [5.74, 6) is -0.792. The van der Waals surface area contributed by atoms with Crippen molar-refractivity contribution in [1.29, 1.82) is 0 Å². The maximum Gasteiger partial charge on any atom is 0.293 e. The first-order valence-electron chi connectivity index (χ1n) is 8.99. The Morgan fingerprint density at radius 2 is 2.04 bits per heavy atom. The van der Waals surface area contributed by atoms with Crippen LogP contribution in [0.15, 0.2) is 30.3 Å². The molecule has 3 rings (SSSR count). The summed E-state index contributed by atoms with van der Waals surface area (Å²) in [6, 6.07) is 7.70. The van der Waals surface area contributed by atoms with Gasteiger partial charge >= 0.3 is 0 Å². The fourth-order valence-corrected chi connectivity index (χ4v) is 3.34. The highest BCUT2D eigenvalue weighted by Gasteiger charge is 2.32. The van der Waals surface area contributed by atoms with E-state index in [0.717, 1.165) is 18.4 Å². The minimum absolute atomic E-state index is 0.000133. The van der Waals surface area contributed by atoms with Crippen LogP contribution in [0.2, 0.25) is 5.02 Å². The molecule has 1 aliphatic carbocycles. The molecular formula is C20H21ClFN3O3. The number of anilines is 1. The zero-order valence-electron chi connectivity index (χ0n) is 15.7. The minimum Gasteiger partial charge on any atom is -0.319 e. The fraction of sp³-hybridized carbons (Fsp3) is 0.350. The van der Waals surface area contributed by atoms with Crippen LogP contribution in [0.25, 0.3) is 0 Å². The predicted octanol–water partition coefficient (Wildman–Crippen LogP) is 4.61. The highest BCUT2D eigenvalue weighted by Crippen LogP contribution is 2.32. The minimum atomic E-state index is -0.514. The van der Waals surface area contributed by atoms with Crippen LogP contribution in [0.3, 0.4) is 0 Å². The standard InChI is InChI=1S/C20H21ClFN3O3/c1-12-6-9-18(25(27)28)20(13(12)2)23-19(26)11-24(14-7-8-14)10-15-16(21)4-3-5-17(15)22/h3-6,9,14H,7-8,10-11H2,1-2H3,(H,23,26). The zero-order chi connectivity index (χ0) is 20.4. The molecule has 0 radical (unpaired) electrons. The summed E-state index contributed by atoms with van der Waals surface area (Å²) in [4.78, 5) is 25.3. The van der Waals surface area contributed by atoms with E-state index < -0.39 is 10.7 Å². The first-order valence-corrected chi connectivity index (χ1v) is 9.37. The summed E-state index contributed by atoms with van der Waals surface area (Å²) in [6.07, 6.45) is 1.84. The molecule has 0 atom stereocenters. The molecule has 1 saturated carbocycles. The highest BCUT2D eigenvalue weighted by atomic mass is 35.5. The number of halogens is 2. The van der Waals surface area contributed by atoms with Gasteiger partial charge in [0.1, 0.15) is 11.5 Å². The van der Waals surface area contributed by atoms with Crippen molar-refractivity contribution in [2.24, 2.45) is 0 Å². The third kappa shape index (κ3) is 4.48. The van der Waals surface area contributed by atoms with Gasteiger partial charge in [0.25, 0.3) is 5.69 Å². The van der Waals surface area contributed by atoms with E-state index in [1.165, 1.54) is 18.2 Å². The Hall–Kier alpha value is -2.51. The van der Waals surface area contributed by atoms with E-state index in [9.17, 15) is 19.3 Å². The van der Waals surface area contributed by atoms with Crippen LogP contribution in [-0.4, -0.2) is 28.3 Å².